The summed E-state index contributed by atoms with van der Waals surface area (Å²) in [7, 11) is 0. The molecule has 22 heavy (non-hydrogen) atoms. The number of carbonyl (C=O) groups excluding carboxylic acids is 2. The van der Waals surface area contributed by atoms with Crippen molar-refractivity contribution in [3.05, 3.63) is 35.4 Å². The smallest absolute Gasteiger partial charge is 0.223 e. The van der Waals surface area contributed by atoms with E-state index in [9.17, 15) is 9.59 Å². The highest BCUT2D eigenvalue weighted by Gasteiger charge is 2.17. The number of amides is 1. The molecule has 0 aliphatic carbocycles. The molecule has 0 unspecified atom stereocenters. The highest BCUT2D eigenvalue weighted by molar-refractivity contribution is 5.97. The molecule has 3 heteroatoms. The number of carbonyl (C=O) groups is 2. The van der Waals surface area contributed by atoms with Crippen molar-refractivity contribution in [2.24, 2.45) is 11.8 Å². The van der Waals surface area contributed by atoms with Crippen molar-refractivity contribution in [1.82, 2.24) is 4.90 Å². The van der Waals surface area contributed by atoms with Crippen LogP contribution in [-0.2, 0) is 4.79 Å². The lowest BCUT2D eigenvalue weighted by molar-refractivity contribution is -0.132. The summed E-state index contributed by atoms with van der Waals surface area (Å²) in [6.07, 6.45) is 0.584. The van der Waals surface area contributed by atoms with Gasteiger partial charge in [-0.25, -0.2) is 0 Å². The van der Waals surface area contributed by atoms with Crippen molar-refractivity contribution in [3.8, 4) is 0 Å². The van der Waals surface area contributed by atoms with Gasteiger partial charge in [-0.1, -0.05) is 57.5 Å². The molecule has 0 saturated heterocycles. The van der Waals surface area contributed by atoms with Gasteiger partial charge in [-0.3, -0.25) is 9.59 Å². The average molecular weight is 303 g/mol. The van der Waals surface area contributed by atoms with Gasteiger partial charge in [0.2, 0.25) is 5.91 Å². The van der Waals surface area contributed by atoms with Gasteiger partial charge >= 0.3 is 0 Å². The van der Waals surface area contributed by atoms with Gasteiger partial charge in [0, 0.05) is 31.5 Å². The number of hydrogen-bond donors (Lipinski definition) is 0. The summed E-state index contributed by atoms with van der Waals surface area (Å²) < 4.78 is 0. The molecule has 0 radical (unpaired) electrons. The summed E-state index contributed by atoms with van der Waals surface area (Å²) >= 11 is 0. The first kappa shape index (κ1) is 18.4. The largest absolute Gasteiger partial charge is 0.342 e. The minimum Gasteiger partial charge on any atom is -0.342 e. The van der Waals surface area contributed by atoms with Crippen LogP contribution >= 0.6 is 0 Å². The summed E-state index contributed by atoms with van der Waals surface area (Å²) in [6.45, 7) is 11.9. The lowest BCUT2D eigenvalue weighted by Crippen LogP contribution is -2.37. The summed E-state index contributed by atoms with van der Waals surface area (Å²) in [4.78, 5) is 26.4. The Morgan fingerprint density at radius 1 is 0.909 bits per heavy atom. The van der Waals surface area contributed by atoms with E-state index in [2.05, 4.69) is 27.7 Å². The van der Waals surface area contributed by atoms with Gasteiger partial charge < -0.3 is 4.90 Å². The van der Waals surface area contributed by atoms with Crippen molar-refractivity contribution >= 4 is 11.7 Å². The Labute approximate surface area is 134 Å². The lowest BCUT2D eigenvalue weighted by atomic mass is 10.0. The Hall–Kier alpha value is -1.64. The van der Waals surface area contributed by atoms with Gasteiger partial charge in [0.15, 0.2) is 5.78 Å². The number of hydrogen-bond acceptors (Lipinski definition) is 2. The molecular formula is C19H29NO2. The molecule has 1 aromatic carbocycles. The Balaban J connectivity index is 2.58. The molecule has 0 atom stereocenters. The maximum atomic E-state index is 12.4. The molecular weight excluding hydrogens is 274 g/mol. The summed E-state index contributed by atoms with van der Waals surface area (Å²) in [5.74, 6) is 1.01. The Bertz CT molecular complexity index is 479. The van der Waals surface area contributed by atoms with E-state index >= 15 is 0 Å². The van der Waals surface area contributed by atoms with Crippen molar-refractivity contribution in [2.75, 3.05) is 13.1 Å². The first-order valence-corrected chi connectivity index (χ1v) is 8.17. The normalized spacial score (nSPS) is 11.0. The van der Waals surface area contributed by atoms with Crippen molar-refractivity contribution < 1.29 is 9.59 Å². The van der Waals surface area contributed by atoms with Crippen molar-refractivity contribution in [2.45, 2.75) is 47.5 Å². The zero-order valence-corrected chi connectivity index (χ0v) is 14.6. The van der Waals surface area contributed by atoms with E-state index < -0.39 is 0 Å². The van der Waals surface area contributed by atoms with E-state index in [1.165, 1.54) is 0 Å². The molecule has 0 bridgehead atoms. The highest BCUT2D eigenvalue weighted by atomic mass is 16.2. The predicted octanol–water partition coefficient (Wildman–Crippen LogP) is 4.10. The zero-order valence-electron chi connectivity index (χ0n) is 14.6. The second-order valence-corrected chi connectivity index (χ2v) is 6.88. The number of rotatable bonds is 8. The maximum absolute atomic E-state index is 12.4. The van der Waals surface area contributed by atoms with Crippen LogP contribution in [0.1, 0.15) is 56.5 Å². The van der Waals surface area contributed by atoms with Gasteiger partial charge in [0.25, 0.3) is 0 Å². The molecule has 0 N–H and O–H groups in total. The molecule has 1 amide bonds. The molecule has 122 valence electrons. The maximum Gasteiger partial charge on any atom is 0.223 e. The van der Waals surface area contributed by atoms with Crippen LogP contribution in [0.3, 0.4) is 0 Å². The fourth-order valence-electron chi connectivity index (χ4n) is 2.42. The first-order chi connectivity index (χ1) is 10.3. The second-order valence-electron chi connectivity index (χ2n) is 6.88. The first-order valence-electron chi connectivity index (χ1n) is 8.17. The van der Waals surface area contributed by atoms with Gasteiger partial charge in [-0.2, -0.15) is 0 Å². The van der Waals surface area contributed by atoms with E-state index in [1.54, 1.807) is 0 Å². The average Bonchev–Trinajstić information content (AvgIpc) is 2.43. The molecule has 0 aromatic heterocycles. The van der Waals surface area contributed by atoms with Crippen LogP contribution in [0.2, 0.25) is 0 Å². The SMILES string of the molecule is Cc1ccc(C(=O)CCC(=O)N(CC(C)C)CC(C)C)cc1. The monoisotopic (exact) mass is 303 g/mol. The van der Waals surface area contributed by atoms with Crippen LogP contribution in [-0.4, -0.2) is 29.7 Å². The van der Waals surface area contributed by atoms with Crippen molar-refractivity contribution in [3.63, 3.8) is 0 Å². The van der Waals surface area contributed by atoms with Crippen molar-refractivity contribution in [1.29, 1.82) is 0 Å². The molecule has 0 aliphatic heterocycles. The molecule has 0 heterocycles. The number of nitrogens with zero attached hydrogens (tertiary/aromatic N) is 1. The highest BCUT2D eigenvalue weighted by Crippen LogP contribution is 2.11. The fraction of sp³-hybridized carbons (Fsp3) is 0.579. The van der Waals surface area contributed by atoms with Crippen LogP contribution in [0.5, 0.6) is 0 Å². The molecule has 0 aliphatic rings. The molecule has 1 aromatic rings. The summed E-state index contributed by atoms with van der Waals surface area (Å²) in [5.41, 5.74) is 1.82. The molecule has 0 saturated carbocycles. The summed E-state index contributed by atoms with van der Waals surface area (Å²) in [5, 5.41) is 0. The molecule has 3 nitrogen and oxygen atoms in total. The zero-order chi connectivity index (χ0) is 16.7. The number of aryl methyl sites for hydroxylation is 1. The molecule has 1 rings (SSSR count). The minimum atomic E-state index is 0.0439. The topological polar surface area (TPSA) is 37.4 Å². The Morgan fingerprint density at radius 3 is 1.86 bits per heavy atom. The molecule has 0 spiro atoms. The van der Waals surface area contributed by atoms with Crippen LogP contribution in [0, 0.1) is 18.8 Å². The number of Topliss-reactive ketones (excluding diaryl/α,β-unsaturated/α-hetero) is 1. The number of benzene rings is 1. The third-order valence-electron chi connectivity index (χ3n) is 3.46. The minimum absolute atomic E-state index is 0.0439. The van der Waals surface area contributed by atoms with Gasteiger partial charge in [-0.15, -0.1) is 0 Å². The van der Waals surface area contributed by atoms with Crippen LogP contribution in [0.15, 0.2) is 24.3 Å². The lowest BCUT2D eigenvalue weighted by Gasteiger charge is -2.26. The van der Waals surface area contributed by atoms with E-state index in [1.807, 2.05) is 36.1 Å². The quantitative estimate of drug-likeness (QED) is 0.678. The Kier molecular flexibility index (Phi) is 7.30. The van der Waals surface area contributed by atoms with Gasteiger partial charge in [0.05, 0.1) is 0 Å². The number of ketones is 1. The standard InChI is InChI=1S/C19H29NO2/c1-14(2)12-20(13-15(3)4)19(22)11-10-18(21)17-8-6-16(5)7-9-17/h6-9,14-15H,10-13H2,1-5H3. The van der Waals surface area contributed by atoms with E-state index in [4.69, 9.17) is 0 Å². The van der Waals surface area contributed by atoms with Crippen LogP contribution in [0.25, 0.3) is 0 Å². The van der Waals surface area contributed by atoms with Crippen LogP contribution < -0.4 is 0 Å². The van der Waals surface area contributed by atoms with Gasteiger partial charge in [-0.05, 0) is 18.8 Å². The van der Waals surface area contributed by atoms with E-state index in [0.29, 0.717) is 23.8 Å². The Morgan fingerprint density at radius 2 is 1.41 bits per heavy atom. The predicted molar refractivity (Wildman–Crippen MR) is 91.0 cm³/mol. The third kappa shape index (κ3) is 6.42. The van der Waals surface area contributed by atoms with Crippen LogP contribution in [0.4, 0.5) is 0 Å². The van der Waals surface area contributed by atoms with Gasteiger partial charge in [0.1, 0.15) is 0 Å². The van der Waals surface area contributed by atoms with E-state index in [-0.39, 0.29) is 18.1 Å². The third-order valence-corrected chi connectivity index (χ3v) is 3.46. The van der Waals surface area contributed by atoms with E-state index in [0.717, 1.165) is 18.7 Å². The molecule has 0 fully saturated rings. The fourth-order valence-corrected chi connectivity index (χ4v) is 2.42. The summed E-state index contributed by atoms with van der Waals surface area (Å²) in [6, 6.07) is 7.53. The second kappa shape index (κ2) is 8.72.